The van der Waals surface area contributed by atoms with Crippen LogP contribution in [0.3, 0.4) is 0 Å². The molecule has 0 aliphatic carbocycles. The van der Waals surface area contributed by atoms with Gasteiger partial charge in [-0.25, -0.2) is 8.42 Å². The van der Waals surface area contributed by atoms with Crippen LogP contribution < -0.4 is 12.3 Å². The maximum atomic E-state index is 8.63. The molecule has 0 bridgehead atoms. The standard InChI is InChI=1S/H3N.N.H2O4S/c;;1-5(2,3)4/h1H3;;(H2,1,2,3,4)/q;+1;/p-1. The van der Waals surface area contributed by atoms with Gasteiger partial charge in [-0.15, -0.1) is 0 Å². The Kier molecular flexibility index (Phi) is 8.97. The average molecular weight is 128 g/mol. The Morgan fingerprint density at radius 2 is 1.43 bits per heavy atom. The van der Waals surface area contributed by atoms with Gasteiger partial charge in [-0.2, -0.15) is 0 Å². The zero-order valence-corrected chi connectivity index (χ0v) is 4.05. The molecule has 0 spiro atoms. The van der Waals surface area contributed by atoms with Crippen LogP contribution in [0.1, 0.15) is 0 Å². The van der Waals surface area contributed by atoms with Crippen molar-refractivity contribution in [1.29, 1.82) is 0 Å². The van der Waals surface area contributed by atoms with Crippen LogP contribution in [0.2, 0.25) is 0 Å². The maximum absolute atomic E-state index is 8.63. The third kappa shape index (κ3) is 1890. The highest BCUT2D eigenvalue weighted by Crippen LogP contribution is 1.58. The number of hydrogen-bond acceptors (Lipinski definition) is 4. The Hall–Kier alpha value is -0.210. The van der Waals surface area contributed by atoms with Crippen LogP contribution in [0.15, 0.2) is 0 Å². The van der Waals surface area contributed by atoms with Gasteiger partial charge in [0.05, 0.1) is 0 Å². The van der Waals surface area contributed by atoms with Crippen LogP contribution in [0.25, 0.3) is 0 Å². The van der Waals surface area contributed by atoms with Crippen LogP contribution in [0, 0.1) is 0 Å². The Morgan fingerprint density at radius 1 is 1.43 bits per heavy atom. The Bertz CT molecular complexity index is 92.9. The van der Waals surface area contributed by atoms with Gasteiger partial charge in [-0.1, -0.05) is 0 Å². The summed E-state index contributed by atoms with van der Waals surface area (Å²) in [5, 5.41) is 0. The summed E-state index contributed by atoms with van der Waals surface area (Å²) in [6.45, 7) is 0. The summed E-state index contributed by atoms with van der Waals surface area (Å²) < 4.78 is 32.8. The third-order valence-electron chi connectivity index (χ3n) is 0. The lowest BCUT2D eigenvalue weighted by atomic mass is 14.0. The van der Waals surface area contributed by atoms with Gasteiger partial charge in [0, 0.05) is 0 Å². The van der Waals surface area contributed by atoms with E-state index in [4.69, 9.17) is 17.5 Å². The lowest BCUT2D eigenvalue weighted by molar-refractivity contribution is 0.366. The second-order valence-corrected chi connectivity index (χ2v) is 1.28. The van der Waals surface area contributed by atoms with Gasteiger partial charge in [-0.3, -0.25) is 4.55 Å². The normalized spacial score (nSPS) is 8.29. The fraction of sp³-hybridized carbons (Fsp3) is 0. The van der Waals surface area contributed by atoms with Gasteiger partial charge in [-0.05, 0) is 0 Å². The molecule has 4 N–H and O–H groups in total. The summed E-state index contributed by atoms with van der Waals surface area (Å²) in [5.74, 6) is 0. The van der Waals surface area contributed by atoms with Gasteiger partial charge in [0.25, 0.3) is 0 Å². The van der Waals surface area contributed by atoms with Crippen LogP contribution in [0.4, 0.5) is 0 Å². The second kappa shape index (κ2) is 3.96. The molecule has 0 rings (SSSR count). The predicted octanol–water partition coefficient (Wildman–Crippen LogP) is -1.31. The van der Waals surface area contributed by atoms with Crippen LogP contribution in [-0.2, 0) is 10.4 Å². The minimum Gasteiger partial charge on any atom is -0.726 e. The second-order valence-electron chi connectivity index (χ2n) is 0.428. The molecular weight excluding hydrogens is 124 g/mol. The first-order valence-corrected chi connectivity index (χ1v) is 2.05. The molecule has 0 saturated carbocycles. The highest BCUT2D eigenvalue weighted by molar-refractivity contribution is 7.79. The fourth-order valence-corrected chi connectivity index (χ4v) is 0. The van der Waals surface area contributed by atoms with E-state index in [1.807, 2.05) is 0 Å². The van der Waals surface area contributed by atoms with E-state index in [-0.39, 0.29) is 12.3 Å². The molecule has 6 nitrogen and oxygen atoms in total. The zero-order valence-electron chi connectivity index (χ0n) is 3.23. The molecule has 0 aromatic heterocycles. The van der Waals surface area contributed by atoms with Crippen molar-refractivity contribution in [1.82, 2.24) is 12.3 Å². The van der Waals surface area contributed by atoms with Crippen molar-refractivity contribution >= 4 is 10.4 Å². The van der Waals surface area contributed by atoms with Crippen LogP contribution in [-0.4, -0.2) is 17.5 Å². The molecule has 7 heteroatoms. The van der Waals surface area contributed by atoms with E-state index in [2.05, 4.69) is 0 Å². The predicted molar refractivity (Wildman–Crippen MR) is 19.5 cm³/mol. The van der Waals surface area contributed by atoms with Crippen molar-refractivity contribution in [3.8, 4) is 0 Å². The topological polar surface area (TPSA) is 143 Å². The van der Waals surface area contributed by atoms with Crippen molar-refractivity contribution < 1.29 is 17.5 Å². The van der Waals surface area contributed by atoms with Crippen LogP contribution in [0.5, 0.6) is 0 Å². The molecule has 0 atom stereocenters. The molecule has 4 radical (unpaired) electrons. The van der Waals surface area contributed by atoms with E-state index >= 15 is 0 Å². The molecule has 0 heterocycles. The first-order valence-electron chi connectivity index (χ1n) is 0.683. The molecule has 44 valence electrons. The molecule has 0 aromatic carbocycles. The lowest BCUT2D eigenvalue weighted by Gasteiger charge is -1.88. The minimum atomic E-state index is -4.92. The van der Waals surface area contributed by atoms with Crippen molar-refractivity contribution in [2.75, 3.05) is 0 Å². The van der Waals surface area contributed by atoms with Crippen molar-refractivity contribution in [2.45, 2.75) is 0 Å². The highest BCUT2D eigenvalue weighted by atomic mass is 32.3. The van der Waals surface area contributed by atoms with E-state index < -0.39 is 10.4 Å². The zero-order chi connectivity index (χ0) is 4.50. The van der Waals surface area contributed by atoms with Crippen LogP contribution >= 0.6 is 0 Å². The summed E-state index contributed by atoms with van der Waals surface area (Å²) in [5.41, 5.74) is 0. The molecule has 0 unspecified atom stereocenters. The van der Waals surface area contributed by atoms with Gasteiger partial charge in [0.1, 0.15) is 0 Å². The molecule has 7 heavy (non-hydrogen) atoms. The smallest absolute Gasteiger partial charge is 0.726 e. The lowest BCUT2D eigenvalue weighted by Crippen LogP contribution is -1.90. The summed E-state index contributed by atoms with van der Waals surface area (Å²) in [4.78, 5) is 0. The first kappa shape index (κ1) is 15.8. The molecule has 0 fully saturated rings. The molecule has 0 amide bonds. The summed E-state index contributed by atoms with van der Waals surface area (Å²) >= 11 is 0. The highest BCUT2D eigenvalue weighted by Gasteiger charge is 1.67. The largest absolute Gasteiger partial charge is 1.00 e. The third-order valence-corrected chi connectivity index (χ3v) is 0. The van der Waals surface area contributed by atoms with E-state index in [0.29, 0.717) is 0 Å². The monoisotopic (exact) mass is 128 g/mol. The molecule has 0 aliphatic heterocycles. The van der Waals surface area contributed by atoms with E-state index in [1.165, 1.54) is 0 Å². The quantitative estimate of drug-likeness (QED) is 0.307. The van der Waals surface area contributed by atoms with Crippen molar-refractivity contribution in [3.05, 3.63) is 0 Å². The van der Waals surface area contributed by atoms with E-state index in [0.717, 1.165) is 0 Å². The van der Waals surface area contributed by atoms with Crippen molar-refractivity contribution in [2.24, 2.45) is 0 Å². The Balaban J connectivity index is -0.0000000800. The van der Waals surface area contributed by atoms with Gasteiger partial charge in [0.2, 0.25) is 10.4 Å². The summed E-state index contributed by atoms with van der Waals surface area (Å²) in [7, 11) is -4.92. The molecule has 0 saturated heterocycles. The molecule has 0 aliphatic rings. The van der Waals surface area contributed by atoms with Crippen molar-refractivity contribution in [3.63, 3.8) is 0 Å². The maximum Gasteiger partial charge on any atom is 1.00 e. The van der Waals surface area contributed by atoms with E-state index in [9.17, 15) is 0 Å². The molecule has 0 aromatic rings. The van der Waals surface area contributed by atoms with Gasteiger partial charge in [0.15, 0.2) is 0 Å². The Morgan fingerprint density at radius 3 is 1.43 bits per heavy atom. The number of hydrogen-bond donors (Lipinski definition) is 2. The number of rotatable bonds is 0. The molecular formula is H4N2O4S. The van der Waals surface area contributed by atoms with Gasteiger partial charge >= 0.3 is 6.15 Å². The Labute approximate surface area is 41.3 Å². The summed E-state index contributed by atoms with van der Waals surface area (Å²) in [6.07, 6.45) is 0. The number of nitrogens with zero attached hydrogens (tertiary/aromatic N) is 1. The average Bonchev–Trinajstić information content (AvgIpc) is 0.722. The first-order chi connectivity index (χ1) is 2.00. The van der Waals surface area contributed by atoms with Gasteiger partial charge < -0.3 is 10.7 Å². The van der Waals surface area contributed by atoms with E-state index in [1.54, 1.807) is 0 Å². The SMILES string of the molecule is N.O=S(=O)([O-])O.[N+]. The minimum absolute atomic E-state index is 0. The fourth-order valence-electron chi connectivity index (χ4n) is 0. The summed E-state index contributed by atoms with van der Waals surface area (Å²) in [6, 6.07) is 0.